The highest BCUT2D eigenvalue weighted by Crippen LogP contribution is 2.12. The predicted molar refractivity (Wildman–Crippen MR) is 66.2 cm³/mol. The van der Waals surface area contributed by atoms with Crippen molar-refractivity contribution in [2.45, 2.75) is 26.8 Å². The van der Waals surface area contributed by atoms with Crippen LogP contribution >= 0.6 is 0 Å². The van der Waals surface area contributed by atoms with Crippen molar-refractivity contribution in [3.8, 4) is 0 Å². The van der Waals surface area contributed by atoms with Crippen LogP contribution in [0.15, 0.2) is 0 Å². The molecule has 1 aliphatic heterocycles. The number of hydrogen-bond donors (Lipinski definition) is 1. The molecule has 90 valence electrons. The molecule has 2 unspecified atom stereocenters. The van der Waals surface area contributed by atoms with Crippen LogP contribution in [0.1, 0.15) is 20.8 Å². The zero-order valence-electron chi connectivity index (χ0n) is 10.8. The Bertz CT molecular complexity index is 164. The van der Waals surface area contributed by atoms with Crippen molar-refractivity contribution in [2.24, 2.45) is 5.92 Å². The summed E-state index contributed by atoms with van der Waals surface area (Å²) in [4.78, 5) is 5.17. The highest BCUT2D eigenvalue weighted by atomic mass is 15.3. The van der Waals surface area contributed by atoms with Gasteiger partial charge in [0.25, 0.3) is 0 Å². The Morgan fingerprint density at radius 2 is 1.73 bits per heavy atom. The Labute approximate surface area is 94.8 Å². The third-order valence-corrected chi connectivity index (χ3v) is 3.78. The molecule has 1 rings (SSSR count). The first kappa shape index (κ1) is 12.9. The van der Waals surface area contributed by atoms with Crippen molar-refractivity contribution < 1.29 is 0 Å². The fourth-order valence-corrected chi connectivity index (χ4v) is 2.34. The van der Waals surface area contributed by atoms with Crippen LogP contribution < -0.4 is 5.32 Å². The van der Waals surface area contributed by atoms with Crippen LogP contribution in [0.5, 0.6) is 0 Å². The third kappa shape index (κ3) is 3.74. The van der Waals surface area contributed by atoms with Crippen LogP contribution in [0.25, 0.3) is 0 Å². The molecule has 15 heavy (non-hydrogen) atoms. The largest absolute Gasteiger partial charge is 0.319 e. The molecule has 0 aromatic rings. The van der Waals surface area contributed by atoms with Gasteiger partial charge >= 0.3 is 0 Å². The highest BCUT2D eigenvalue weighted by Gasteiger charge is 2.23. The van der Waals surface area contributed by atoms with Crippen molar-refractivity contribution >= 4 is 0 Å². The third-order valence-electron chi connectivity index (χ3n) is 3.78. The number of likely N-dealkylation sites (N-methyl/N-ethyl adjacent to an activating group) is 1. The molecule has 0 radical (unpaired) electrons. The zero-order chi connectivity index (χ0) is 11.3. The summed E-state index contributed by atoms with van der Waals surface area (Å²) in [6.45, 7) is 14.2. The number of piperazine rings is 1. The first-order valence-electron chi connectivity index (χ1n) is 6.30. The summed E-state index contributed by atoms with van der Waals surface area (Å²) in [5.41, 5.74) is 0. The van der Waals surface area contributed by atoms with Gasteiger partial charge in [-0.2, -0.15) is 0 Å². The molecule has 2 atom stereocenters. The average molecular weight is 213 g/mol. The highest BCUT2D eigenvalue weighted by molar-refractivity contribution is 4.79. The van der Waals surface area contributed by atoms with E-state index < -0.39 is 0 Å². The van der Waals surface area contributed by atoms with Crippen molar-refractivity contribution in [1.29, 1.82) is 0 Å². The van der Waals surface area contributed by atoms with Crippen LogP contribution in [0, 0.1) is 5.92 Å². The molecule has 3 nitrogen and oxygen atoms in total. The lowest BCUT2D eigenvalue weighted by Crippen LogP contribution is -2.51. The maximum Gasteiger partial charge on any atom is 0.0113 e. The lowest BCUT2D eigenvalue weighted by Gasteiger charge is -2.39. The Morgan fingerprint density at radius 1 is 1.13 bits per heavy atom. The van der Waals surface area contributed by atoms with Gasteiger partial charge < -0.3 is 10.2 Å². The summed E-state index contributed by atoms with van der Waals surface area (Å²) in [5, 5.41) is 3.27. The number of nitrogens with one attached hydrogen (secondary N) is 1. The van der Waals surface area contributed by atoms with Gasteiger partial charge in [-0.25, -0.2) is 0 Å². The SMILES string of the molecule is CCN1CCN(C(C)C(C)CNC)CC1. The molecule has 1 heterocycles. The van der Waals surface area contributed by atoms with Gasteiger partial charge in [0.1, 0.15) is 0 Å². The van der Waals surface area contributed by atoms with E-state index in [-0.39, 0.29) is 0 Å². The van der Waals surface area contributed by atoms with Crippen molar-refractivity contribution in [3.05, 3.63) is 0 Å². The first-order valence-corrected chi connectivity index (χ1v) is 6.30. The van der Waals surface area contributed by atoms with Crippen molar-refractivity contribution in [2.75, 3.05) is 46.3 Å². The fraction of sp³-hybridized carbons (Fsp3) is 1.00. The first-order chi connectivity index (χ1) is 7.19. The summed E-state index contributed by atoms with van der Waals surface area (Å²) in [7, 11) is 2.04. The molecule has 1 saturated heterocycles. The lowest BCUT2D eigenvalue weighted by molar-refractivity contribution is 0.0836. The second-order valence-corrected chi connectivity index (χ2v) is 4.75. The fourth-order valence-electron chi connectivity index (χ4n) is 2.34. The van der Waals surface area contributed by atoms with Gasteiger partial charge in [-0.15, -0.1) is 0 Å². The quantitative estimate of drug-likeness (QED) is 0.731. The molecule has 1 aliphatic rings. The number of rotatable bonds is 5. The second kappa shape index (κ2) is 6.46. The van der Waals surface area contributed by atoms with Gasteiger partial charge in [-0.05, 0) is 33.0 Å². The van der Waals surface area contributed by atoms with E-state index in [0.717, 1.165) is 12.5 Å². The normalized spacial score (nSPS) is 24.0. The molecule has 0 spiro atoms. The number of hydrogen-bond acceptors (Lipinski definition) is 3. The van der Waals surface area contributed by atoms with Gasteiger partial charge in [0, 0.05) is 32.2 Å². The average Bonchev–Trinajstić information content (AvgIpc) is 2.28. The van der Waals surface area contributed by atoms with Crippen molar-refractivity contribution in [3.63, 3.8) is 0 Å². The van der Waals surface area contributed by atoms with E-state index in [1.807, 2.05) is 7.05 Å². The smallest absolute Gasteiger partial charge is 0.0113 e. The standard InChI is InChI=1S/C12H27N3/c1-5-14-6-8-15(9-7-14)12(3)11(2)10-13-4/h11-13H,5-10H2,1-4H3. The van der Waals surface area contributed by atoms with E-state index in [9.17, 15) is 0 Å². The van der Waals surface area contributed by atoms with E-state index in [1.54, 1.807) is 0 Å². The minimum Gasteiger partial charge on any atom is -0.319 e. The van der Waals surface area contributed by atoms with Crippen molar-refractivity contribution in [1.82, 2.24) is 15.1 Å². The molecule has 0 saturated carbocycles. The van der Waals surface area contributed by atoms with Crippen LogP contribution in [0.3, 0.4) is 0 Å². The molecule has 0 aliphatic carbocycles. The van der Waals surface area contributed by atoms with Crippen LogP contribution in [-0.4, -0.2) is 62.2 Å². The monoisotopic (exact) mass is 213 g/mol. The summed E-state index contributed by atoms with van der Waals surface area (Å²) >= 11 is 0. The maximum atomic E-state index is 3.27. The molecule has 0 aromatic heterocycles. The summed E-state index contributed by atoms with van der Waals surface area (Å²) in [6.07, 6.45) is 0. The molecular formula is C12H27N3. The molecule has 3 heteroatoms. The Hall–Kier alpha value is -0.120. The maximum absolute atomic E-state index is 3.27. The molecule has 1 N–H and O–H groups in total. The van der Waals surface area contributed by atoms with E-state index >= 15 is 0 Å². The van der Waals surface area contributed by atoms with E-state index in [0.29, 0.717) is 6.04 Å². The van der Waals surface area contributed by atoms with Crippen LogP contribution in [0.4, 0.5) is 0 Å². The minimum atomic E-state index is 0.705. The van der Waals surface area contributed by atoms with Crippen LogP contribution in [0.2, 0.25) is 0 Å². The summed E-state index contributed by atoms with van der Waals surface area (Å²) < 4.78 is 0. The second-order valence-electron chi connectivity index (χ2n) is 4.75. The molecular weight excluding hydrogens is 186 g/mol. The molecule has 0 aromatic carbocycles. The number of nitrogens with zero attached hydrogens (tertiary/aromatic N) is 2. The van der Waals surface area contributed by atoms with Crippen LogP contribution in [-0.2, 0) is 0 Å². The summed E-state index contributed by atoms with van der Waals surface area (Å²) in [5.74, 6) is 0.739. The Morgan fingerprint density at radius 3 is 2.20 bits per heavy atom. The summed E-state index contributed by atoms with van der Waals surface area (Å²) in [6, 6.07) is 0.705. The van der Waals surface area contributed by atoms with E-state index in [1.165, 1.54) is 32.7 Å². The molecule has 1 fully saturated rings. The predicted octanol–water partition coefficient (Wildman–Crippen LogP) is 0.868. The molecule has 0 amide bonds. The van der Waals surface area contributed by atoms with E-state index in [2.05, 4.69) is 35.9 Å². The lowest BCUT2D eigenvalue weighted by atomic mass is 10.0. The minimum absolute atomic E-state index is 0.705. The van der Waals surface area contributed by atoms with Gasteiger partial charge in [-0.3, -0.25) is 4.90 Å². The van der Waals surface area contributed by atoms with E-state index in [4.69, 9.17) is 0 Å². The molecule has 0 bridgehead atoms. The van der Waals surface area contributed by atoms with Gasteiger partial charge in [0.05, 0.1) is 0 Å². The van der Waals surface area contributed by atoms with Gasteiger partial charge in [0.15, 0.2) is 0 Å². The topological polar surface area (TPSA) is 18.5 Å². The van der Waals surface area contributed by atoms with Gasteiger partial charge in [0.2, 0.25) is 0 Å². The van der Waals surface area contributed by atoms with Gasteiger partial charge in [-0.1, -0.05) is 13.8 Å². The Kier molecular flexibility index (Phi) is 5.58. The zero-order valence-corrected chi connectivity index (χ0v) is 10.8. The Balaban J connectivity index is 2.32.